The van der Waals surface area contributed by atoms with Crippen molar-refractivity contribution in [3.63, 3.8) is 0 Å². The first-order valence-electron chi connectivity index (χ1n) is 8.23. The molecule has 3 rings (SSSR count). The number of carbonyl (C=O) groups excluding carboxylic acids is 1. The molecule has 1 amide bonds. The van der Waals surface area contributed by atoms with Crippen LogP contribution in [0, 0.1) is 0 Å². The van der Waals surface area contributed by atoms with Gasteiger partial charge in [-0.15, -0.1) is 10.2 Å². The predicted molar refractivity (Wildman–Crippen MR) is 92.8 cm³/mol. The van der Waals surface area contributed by atoms with Crippen molar-refractivity contribution in [1.82, 2.24) is 10.2 Å². The number of hydrogen-bond acceptors (Lipinski definition) is 6. The number of nitrogens with zero attached hydrogens (tertiary/aromatic N) is 2. The first kappa shape index (κ1) is 16.9. The minimum Gasteiger partial charge on any atom is -0.491 e. The Balaban J connectivity index is 1.52. The number of benzene rings is 1. The lowest BCUT2D eigenvalue weighted by Gasteiger charge is -2.11. The Morgan fingerprint density at radius 3 is 2.92 bits per heavy atom. The lowest BCUT2D eigenvalue weighted by molar-refractivity contribution is 0.0679. The van der Waals surface area contributed by atoms with Crippen LogP contribution >= 0.6 is 11.3 Å². The topological polar surface area (TPSA) is 73.3 Å². The Morgan fingerprint density at radius 1 is 1.38 bits per heavy atom. The zero-order valence-corrected chi connectivity index (χ0v) is 14.5. The Kier molecular flexibility index (Phi) is 5.77. The molecule has 1 N–H and O–H groups in total. The SMILES string of the molecule is CCCc1nnc(NC(=O)c2ccc(OCC3CCCO3)cc2)s1. The average molecular weight is 347 g/mol. The number of anilines is 1. The van der Waals surface area contributed by atoms with Crippen molar-refractivity contribution in [1.29, 1.82) is 0 Å². The molecule has 1 aliphatic heterocycles. The van der Waals surface area contributed by atoms with E-state index in [0.29, 0.717) is 17.3 Å². The van der Waals surface area contributed by atoms with Crippen LogP contribution in [0.25, 0.3) is 0 Å². The third kappa shape index (κ3) is 4.52. The molecular formula is C17H21N3O3S. The minimum absolute atomic E-state index is 0.183. The van der Waals surface area contributed by atoms with E-state index in [1.807, 2.05) is 0 Å². The molecule has 0 spiro atoms. The second kappa shape index (κ2) is 8.21. The number of ether oxygens (including phenoxy) is 2. The van der Waals surface area contributed by atoms with Crippen molar-refractivity contribution in [3.05, 3.63) is 34.8 Å². The molecule has 7 heteroatoms. The Bertz CT molecular complexity index is 666. The van der Waals surface area contributed by atoms with Gasteiger partial charge in [0, 0.05) is 18.6 Å². The van der Waals surface area contributed by atoms with E-state index in [9.17, 15) is 4.79 Å². The van der Waals surface area contributed by atoms with Gasteiger partial charge in [0.1, 0.15) is 17.4 Å². The van der Waals surface area contributed by atoms with Crippen LogP contribution in [0.2, 0.25) is 0 Å². The molecule has 2 heterocycles. The number of carbonyl (C=O) groups is 1. The van der Waals surface area contributed by atoms with Crippen LogP contribution in [-0.4, -0.2) is 35.4 Å². The minimum atomic E-state index is -0.195. The largest absolute Gasteiger partial charge is 0.491 e. The van der Waals surface area contributed by atoms with E-state index in [2.05, 4.69) is 22.4 Å². The number of nitrogens with one attached hydrogen (secondary N) is 1. The van der Waals surface area contributed by atoms with E-state index in [1.165, 1.54) is 11.3 Å². The van der Waals surface area contributed by atoms with Gasteiger partial charge < -0.3 is 9.47 Å². The number of aromatic nitrogens is 2. The number of aryl methyl sites for hydroxylation is 1. The molecule has 1 aromatic heterocycles. The highest BCUT2D eigenvalue weighted by Gasteiger charge is 2.16. The van der Waals surface area contributed by atoms with E-state index >= 15 is 0 Å². The van der Waals surface area contributed by atoms with Crippen LogP contribution in [0.1, 0.15) is 41.6 Å². The summed E-state index contributed by atoms with van der Waals surface area (Å²) in [5, 5.41) is 12.3. The summed E-state index contributed by atoms with van der Waals surface area (Å²) in [6.45, 7) is 3.46. The Labute approximate surface area is 145 Å². The van der Waals surface area contributed by atoms with E-state index < -0.39 is 0 Å². The first-order chi connectivity index (χ1) is 11.7. The van der Waals surface area contributed by atoms with Gasteiger partial charge in [0.05, 0.1) is 6.10 Å². The van der Waals surface area contributed by atoms with Gasteiger partial charge >= 0.3 is 0 Å². The molecule has 6 nitrogen and oxygen atoms in total. The van der Waals surface area contributed by atoms with E-state index in [4.69, 9.17) is 9.47 Å². The van der Waals surface area contributed by atoms with Gasteiger partial charge in [-0.3, -0.25) is 10.1 Å². The Hall–Kier alpha value is -1.99. The molecule has 1 aliphatic rings. The zero-order valence-electron chi connectivity index (χ0n) is 13.7. The highest BCUT2D eigenvalue weighted by Crippen LogP contribution is 2.19. The van der Waals surface area contributed by atoms with Crippen LogP contribution in [-0.2, 0) is 11.2 Å². The highest BCUT2D eigenvalue weighted by atomic mass is 32.1. The van der Waals surface area contributed by atoms with E-state index in [1.54, 1.807) is 24.3 Å². The highest BCUT2D eigenvalue weighted by molar-refractivity contribution is 7.15. The molecule has 24 heavy (non-hydrogen) atoms. The van der Waals surface area contributed by atoms with Crippen molar-refractivity contribution in [2.45, 2.75) is 38.7 Å². The van der Waals surface area contributed by atoms with Gasteiger partial charge in [-0.2, -0.15) is 0 Å². The Morgan fingerprint density at radius 2 is 2.21 bits per heavy atom. The molecule has 1 fully saturated rings. The van der Waals surface area contributed by atoms with Crippen molar-refractivity contribution < 1.29 is 14.3 Å². The molecule has 128 valence electrons. The first-order valence-corrected chi connectivity index (χ1v) is 9.04. The summed E-state index contributed by atoms with van der Waals surface area (Å²) >= 11 is 1.41. The second-order valence-electron chi connectivity index (χ2n) is 5.68. The summed E-state index contributed by atoms with van der Waals surface area (Å²) in [6.07, 6.45) is 4.21. The monoisotopic (exact) mass is 347 g/mol. The maximum absolute atomic E-state index is 12.2. The lowest BCUT2D eigenvalue weighted by atomic mass is 10.2. The fourth-order valence-corrected chi connectivity index (χ4v) is 3.29. The van der Waals surface area contributed by atoms with Gasteiger partial charge in [-0.05, 0) is 43.5 Å². The van der Waals surface area contributed by atoms with Gasteiger partial charge in [-0.25, -0.2) is 0 Å². The molecule has 2 aromatic rings. The van der Waals surface area contributed by atoms with Crippen molar-refractivity contribution >= 4 is 22.4 Å². The van der Waals surface area contributed by atoms with Gasteiger partial charge in [-0.1, -0.05) is 18.3 Å². The lowest BCUT2D eigenvalue weighted by Crippen LogP contribution is -2.16. The van der Waals surface area contributed by atoms with Gasteiger partial charge in [0.15, 0.2) is 0 Å². The fourth-order valence-electron chi connectivity index (χ4n) is 2.46. The smallest absolute Gasteiger partial charge is 0.257 e. The van der Waals surface area contributed by atoms with Crippen LogP contribution in [0.3, 0.4) is 0 Å². The summed E-state index contributed by atoms with van der Waals surface area (Å²) in [4.78, 5) is 12.2. The molecule has 0 radical (unpaired) electrons. The summed E-state index contributed by atoms with van der Waals surface area (Å²) in [5.74, 6) is 0.545. The maximum Gasteiger partial charge on any atom is 0.257 e. The third-order valence-electron chi connectivity index (χ3n) is 3.73. The maximum atomic E-state index is 12.2. The zero-order chi connectivity index (χ0) is 16.8. The predicted octanol–water partition coefficient (Wildman–Crippen LogP) is 3.30. The van der Waals surface area contributed by atoms with Crippen LogP contribution < -0.4 is 10.1 Å². The number of amides is 1. The molecule has 0 bridgehead atoms. The summed E-state index contributed by atoms with van der Waals surface area (Å²) in [6, 6.07) is 7.08. The van der Waals surface area contributed by atoms with Gasteiger partial charge in [0.2, 0.25) is 5.13 Å². The standard InChI is InChI=1S/C17H21N3O3S/c1-2-4-15-19-20-17(24-15)18-16(21)12-6-8-13(9-7-12)23-11-14-5-3-10-22-14/h6-9,14H,2-5,10-11H2,1H3,(H,18,20,21). The fraction of sp³-hybridized carbons (Fsp3) is 0.471. The van der Waals surface area contributed by atoms with Crippen molar-refractivity contribution in [2.24, 2.45) is 0 Å². The molecule has 0 aliphatic carbocycles. The second-order valence-corrected chi connectivity index (χ2v) is 6.74. The van der Waals surface area contributed by atoms with Crippen LogP contribution in [0.15, 0.2) is 24.3 Å². The van der Waals surface area contributed by atoms with Crippen molar-refractivity contribution in [2.75, 3.05) is 18.5 Å². The van der Waals surface area contributed by atoms with E-state index in [-0.39, 0.29) is 12.0 Å². The molecule has 1 atom stereocenters. The summed E-state index contributed by atoms with van der Waals surface area (Å²) in [5.41, 5.74) is 0.562. The summed E-state index contributed by atoms with van der Waals surface area (Å²) < 4.78 is 11.2. The molecule has 0 saturated carbocycles. The quantitative estimate of drug-likeness (QED) is 0.832. The number of rotatable bonds is 7. The van der Waals surface area contributed by atoms with Crippen molar-refractivity contribution in [3.8, 4) is 5.75 Å². The normalized spacial score (nSPS) is 17.0. The van der Waals surface area contributed by atoms with E-state index in [0.717, 1.165) is 43.0 Å². The van der Waals surface area contributed by atoms with Crippen LogP contribution in [0.4, 0.5) is 5.13 Å². The average Bonchev–Trinajstić information content (AvgIpc) is 3.26. The van der Waals surface area contributed by atoms with Crippen LogP contribution in [0.5, 0.6) is 5.75 Å². The molecule has 1 aromatic carbocycles. The third-order valence-corrected chi connectivity index (χ3v) is 4.63. The summed E-state index contributed by atoms with van der Waals surface area (Å²) in [7, 11) is 0. The molecule has 1 unspecified atom stereocenters. The van der Waals surface area contributed by atoms with Gasteiger partial charge in [0.25, 0.3) is 5.91 Å². The number of hydrogen-bond donors (Lipinski definition) is 1. The molecular weight excluding hydrogens is 326 g/mol. The molecule has 1 saturated heterocycles.